The van der Waals surface area contributed by atoms with Crippen LogP contribution in [0.1, 0.15) is 5.56 Å². The van der Waals surface area contributed by atoms with E-state index in [0.717, 1.165) is 34.1 Å². The molecule has 0 saturated heterocycles. The molecule has 0 radical (unpaired) electrons. The quantitative estimate of drug-likeness (QED) is 0.641. The molecule has 0 aliphatic carbocycles. The van der Waals surface area contributed by atoms with Crippen molar-refractivity contribution in [1.29, 1.82) is 0 Å². The third-order valence-corrected chi connectivity index (χ3v) is 4.34. The summed E-state index contributed by atoms with van der Waals surface area (Å²) in [6, 6.07) is 12.4. The minimum absolute atomic E-state index is 0.871. The number of ether oxygens (including phenoxy) is 1. The van der Waals surface area contributed by atoms with Crippen LogP contribution in [0.5, 0.6) is 11.5 Å². The minimum Gasteiger partial charge on any atom is -0.453 e. The topological polar surface area (TPSA) is 29.2 Å². The van der Waals surface area contributed by atoms with E-state index in [4.69, 9.17) is 4.74 Å². The zero-order valence-corrected chi connectivity index (χ0v) is 13.4. The van der Waals surface area contributed by atoms with Gasteiger partial charge in [-0.2, -0.15) is 4.57 Å². The van der Waals surface area contributed by atoms with Gasteiger partial charge in [0.15, 0.2) is 17.7 Å². The molecule has 4 heteroatoms. The zero-order chi connectivity index (χ0) is 16.0. The Labute approximate surface area is 135 Å². The number of nitrogens with zero attached hydrogens (tertiary/aromatic N) is 3. The number of rotatable bonds is 1. The summed E-state index contributed by atoms with van der Waals surface area (Å²) in [5.41, 5.74) is 5.56. The van der Waals surface area contributed by atoms with E-state index in [-0.39, 0.29) is 0 Å². The fourth-order valence-electron chi connectivity index (χ4n) is 3.04. The molecule has 3 aromatic rings. The standard InChI is InChI=1S/C19H18N3O/c1-13-10-16-19(11-14(13)17-12-20-8-9-21(17)2)23-18-7-5-4-6-15(18)22(16)3/h4-12H,1-3H3/q+1. The van der Waals surface area contributed by atoms with Crippen LogP contribution in [0.15, 0.2) is 55.0 Å². The fourth-order valence-corrected chi connectivity index (χ4v) is 3.04. The lowest BCUT2D eigenvalue weighted by Gasteiger charge is -2.30. The number of benzene rings is 2. The average molecular weight is 304 g/mol. The monoisotopic (exact) mass is 304 g/mol. The largest absolute Gasteiger partial charge is 0.453 e. The van der Waals surface area contributed by atoms with Gasteiger partial charge in [-0.25, -0.2) is 0 Å². The lowest BCUT2D eigenvalue weighted by atomic mass is 10.0. The van der Waals surface area contributed by atoms with Crippen LogP contribution < -0.4 is 14.2 Å². The second kappa shape index (κ2) is 5.09. The molecule has 1 aliphatic rings. The van der Waals surface area contributed by atoms with Crippen molar-refractivity contribution in [2.24, 2.45) is 7.05 Å². The Bertz CT molecular complexity index is 905. The van der Waals surface area contributed by atoms with Crippen LogP contribution in [0.25, 0.3) is 11.3 Å². The maximum atomic E-state index is 6.13. The smallest absolute Gasteiger partial charge is 0.231 e. The number of aromatic nitrogens is 2. The Hall–Kier alpha value is -2.88. The van der Waals surface area contributed by atoms with Gasteiger partial charge in [-0.15, -0.1) is 0 Å². The van der Waals surface area contributed by atoms with Crippen LogP contribution in [0.2, 0.25) is 0 Å². The summed E-state index contributed by atoms with van der Waals surface area (Å²) in [7, 11) is 4.10. The maximum Gasteiger partial charge on any atom is 0.231 e. The van der Waals surface area contributed by atoms with Crippen molar-refractivity contribution < 1.29 is 9.30 Å². The second-order valence-corrected chi connectivity index (χ2v) is 5.84. The number of anilines is 2. The van der Waals surface area contributed by atoms with Gasteiger partial charge in [-0.05, 0) is 36.8 Å². The van der Waals surface area contributed by atoms with Crippen molar-refractivity contribution in [3.05, 3.63) is 60.6 Å². The summed E-state index contributed by atoms with van der Waals surface area (Å²) in [5, 5.41) is 0. The number of fused-ring (bicyclic) bond motifs is 2. The number of para-hydroxylation sites is 2. The number of hydrogen-bond donors (Lipinski definition) is 0. The molecule has 114 valence electrons. The molecule has 1 aromatic heterocycles. The predicted molar refractivity (Wildman–Crippen MR) is 90.2 cm³/mol. The predicted octanol–water partition coefficient (Wildman–Crippen LogP) is 3.76. The number of aryl methyl sites for hydroxylation is 2. The van der Waals surface area contributed by atoms with Gasteiger partial charge in [0.25, 0.3) is 0 Å². The van der Waals surface area contributed by atoms with Gasteiger partial charge in [0, 0.05) is 7.05 Å². The third-order valence-electron chi connectivity index (χ3n) is 4.34. The molecule has 23 heavy (non-hydrogen) atoms. The molecule has 0 unspecified atom stereocenters. The van der Waals surface area contributed by atoms with Gasteiger partial charge in [-0.3, -0.25) is 4.98 Å². The maximum absolute atomic E-state index is 6.13. The SMILES string of the molecule is Cc1cc2c(cc1-c1cncc[n+]1C)Oc1ccccc1N2C. The Balaban J connectivity index is 1.89. The van der Waals surface area contributed by atoms with E-state index in [1.165, 1.54) is 5.56 Å². The average Bonchev–Trinajstić information content (AvgIpc) is 2.56. The lowest BCUT2D eigenvalue weighted by Crippen LogP contribution is -2.30. The van der Waals surface area contributed by atoms with E-state index in [1.807, 2.05) is 37.6 Å². The van der Waals surface area contributed by atoms with E-state index < -0.39 is 0 Å². The van der Waals surface area contributed by atoms with Crippen molar-refractivity contribution in [3.63, 3.8) is 0 Å². The summed E-state index contributed by atoms with van der Waals surface area (Å²) in [5.74, 6) is 1.75. The molecule has 0 atom stereocenters. The van der Waals surface area contributed by atoms with E-state index in [2.05, 4.69) is 46.6 Å². The van der Waals surface area contributed by atoms with Crippen molar-refractivity contribution in [2.75, 3.05) is 11.9 Å². The Morgan fingerprint density at radius 1 is 1.09 bits per heavy atom. The molecule has 0 N–H and O–H groups in total. The summed E-state index contributed by atoms with van der Waals surface area (Å²) >= 11 is 0. The Kier molecular flexibility index (Phi) is 3.05. The van der Waals surface area contributed by atoms with Gasteiger partial charge in [-0.1, -0.05) is 12.1 Å². The summed E-state index contributed by atoms with van der Waals surface area (Å²) in [4.78, 5) is 6.43. The molecule has 0 bridgehead atoms. The van der Waals surface area contributed by atoms with E-state index in [9.17, 15) is 0 Å². The highest BCUT2D eigenvalue weighted by Crippen LogP contribution is 2.47. The molecule has 2 heterocycles. The fraction of sp³-hybridized carbons (Fsp3) is 0.158. The van der Waals surface area contributed by atoms with E-state index in [1.54, 1.807) is 6.20 Å². The normalized spacial score (nSPS) is 12.4. The van der Waals surface area contributed by atoms with E-state index >= 15 is 0 Å². The first-order valence-corrected chi connectivity index (χ1v) is 7.60. The molecular formula is C19H18N3O+. The molecule has 4 nitrogen and oxygen atoms in total. The van der Waals surface area contributed by atoms with Gasteiger partial charge < -0.3 is 9.64 Å². The lowest BCUT2D eigenvalue weighted by molar-refractivity contribution is -0.660. The van der Waals surface area contributed by atoms with Crippen LogP contribution in [0.4, 0.5) is 11.4 Å². The molecule has 0 amide bonds. The van der Waals surface area contributed by atoms with Gasteiger partial charge in [0.1, 0.15) is 7.05 Å². The van der Waals surface area contributed by atoms with E-state index in [0.29, 0.717) is 0 Å². The van der Waals surface area contributed by atoms with Crippen molar-refractivity contribution in [3.8, 4) is 22.8 Å². The first kappa shape index (κ1) is 13.8. The Morgan fingerprint density at radius 3 is 2.74 bits per heavy atom. The summed E-state index contributed by atoms with van der Waals surface area (Å²) in [6.07, 6.45) is 5.63. The van der Waals surface area contributed by atoms with Crippen LogP contribution in [0, 0.1) is 6.92 Å². The van der Waals surface area contributed by atoms with Crippen molar-refractivity contribution >= 4 is 11.4 Å². The summed E-state index contributed by atoms with van der Waals surface area (Å²) in [6.45, 7) is 2.12. The molecule has 1 aliphatic heterocycles. The van der Waals surface area contributed by atoms with Crippen LogP contribution in [-0.4, -0.2) is 12.0 Å². The molecule has 2 aromatic carbocycles. The summed E-state index contributed by atoms with van der Waals surface area (Å²) < 4.78 is 8.21. The highest BCUT2D eigenvalue weighted by molar-refractivity contribution is 5.81. The van der Waals surface area contributed by atoms with Gasteiger partial charge in [0.05, 0.1) is 29.3 Å². The zero-order valence-electron chi connectivity index (χ0n) is 13.4. The van der Waals surface area contributed by atoms with Gasteiger partial charge in [0.2, 0.25) is 5.69 Å². The first-order valence-electron chi connectivity index (χ1n) is 7.60. The molecular weight excluding hydrogens is 286 g/mol. The van der Waals surface area contributed by atoms with Crippen LogP contribution in [-0.2, 0) is 7.05 Å². The third kappa shape index (κ3) is 2.14. The highest BCUT2D eigenvalue weighted by Gasteiger charge is 2.24. The van der Waals surface area contributed by atoms with Crippen molar-refractivity contribution in [2.45, 2.75) is 6.92 Å². The Morgan fingerprint density at radius 2 is 1.91 bits per heavy atom. The van der Waals surface area contributed by atoms with Crippen LogP contribution >= 0.6 is 0 Å². The van der Waals surface area contributed by atoms with Crippen LogP contribution in [0.3, 0.4) is 0 Å². The second-order valence-electron chi connectivity index (χ2n) is 5.84. The molecule has 0 saturated carbocycles. The molecule has 4 rings (SSSR count). The highest BCUT2D eigenvalue weighted by atomic mass is 16.5. The van der Waals surface area contributed by atoms with Gasteiger partial charge >= 0.3 is 0 Å². The minimum atomic E-state index is 0.871. The first-order chi connectivity index (χ1) is 11.1. The molecule has 0 fully saturated rings. The molecule has 0 spiro atoms. The van der Waals surface area contributed by atoms with Crippen molar-refractivity contribution in [1.82, 2.24) is 4.98 Å². The number of hydrogen-bond acceptors (Lipinski definition) is 3.